The molecule has 0 fully saturated rings. The van der Waals surface area contributed by atoms with Crippen molar-refractivity contribution in [2.24, 2.45) is 0 Å². The Labute approximate surface area is 270 Å². The van der Waals surface area contributed by atoms with E-state index in [-0.39, 0.29) is 0 Å². The molecule has 214 valence electrons. The van der Waals surface area contributed by atoms with E-state index in [1.165, 1.54) is 91.5 Å². The quantitative estimate of drug-likeness (QED) is 0.190. The lowest BCUT2D eigenvalue weighted by molar-refractivity contribution is 1.19. The van der Waals surface area contributed by atoms with Gasteiger partial charge in [0.1, 0.15) is 0 Å². The van der Waals surface area contributed by atoms with Gasteiger partial charge in [0.15, 0.2) is 0 Å². The fourth-order valence-corrected chi connectivity index (χ4v) is 8.95. The van der Waals surface area contributed by atoms with Crippen molar-refractivity contribution in [3.63, 3.8) is 0 Å². The Morgan fingerprint density at radius 3 is 1.80 bits per heavy atom. The molecule has 0 spiro atoms. The van der Waals surface area contributed by atoms with Gasteiger partial charge in [0.25, 0.3) is 0 Å². The molecule has 8 aromatic carbocycles. The molecule has 0 bridgehead atoms. The van der Waals surface area contributed by atoms with Gasteiger partial charge in [0.2, 0.25) is 0 Å². The zero-order valence-electron chi connectivity index (χ0n) is 24.9. The number of hydrogen-bond acceptors (Lipinski definition) is 1. The lowest BCUT2D eigenvalue weighted by Gasteiger charge is -2.11. The highest BCUT2D eigenvalue weighted by Crippen LogP contribution is 2.50. The first-order valence-electron chi connectivity index (χ1n) is 15.8. The molecule has 2 aromatic heterocycles. The van der Waals surface area contributed by atoms with Crippen LogP contribution in [0.25, 0.3) is 91.5 Å². The van der Waals surface area contributed by atoms with Gasteiger partial charge in [-0.3, -0.25) is 0 Å². The monoisotopic (exact) mass is 601 g/mol. The van der Waals surface area contributed by atoms with Gasteiger partial charge in [0, 0.05) is 42.0 Å². The van der Waals surface area contributed by atoms with Crippen LogP contribution in [0.3, 0.4) is 0 Å². The fourth-order valence-electron chi connectivity index (χ4n) is 7.55. The SMILES string of the molecule is c1ccc(-c2ccc(-c3cccc4c3sc3c4c4ccccc4c4c3c3c5ccccc5ccc3n4-c3ccccc3)cc2)cc1. The predicted molar refractivity (Wildman–Crippen MR) is 200 cm³/mol. The van der Waals surface area contributed by atoms with Crippen LogP contribution in [-0.2, 0) is 0 Å². The van der Waals surface area contributed by atoms with Crippen LogP contribution in [0.4, 0.5) is 0 Å². The number of hydrogen-bond donors (Lipinski definition) is 0. The second-order valence-electron chi connectivity index (χ2n) is 12.1. The zero-order chi connectivity index (χ0) is 30.2. The molecule has 0 aliphatic carbocycles. The van der Waals surface area contributed by atoms with Crippen LogP contribution in [0.5, 0.6) is 0 Å². The molecular formula is C44H27NS. The summed E-state index contributed by atoms with van der Waals surface area (Å²) in [7, 11) is 0. The standard InChI is InChI=1S/C44H27NS/c1-3-12-28(13-4-1)29-22-24-31(25-23-29)34-20-11-21-37-39-35-18-9-10-19-36(35)42-41(44(39)46-43(34)37)40-33-17-8-7-14-30(33)26-27-38(40)45(42)32-15-5-2-6-16-32/h1-27H. The summed E-state index contributed by atoms with van der Waals surface area (Å²) in [6, 6.07) is 59.8. The maximum atomic E-state index is 2.49. The second kappa shape index (κ2) is 9.90. The minimum Gasteiger partial charge on any atom is -0.309 e. The Morgan fingerprint density at radius 1 is 0.370 bits per heavy atom. The van der Waals surface area contributed by atoms with Crippen molar-refractivity contribution in [2.75, 3.05) is 0 Å². The van der Waals surface area contributed by atoms with E-state index < -0.39 is 0 Å². The van der Waals surface area contributed by atoms with Crippen LogP contribution < -0.4 is 0 Å². The molecule has 0 aliphatic heterocycles. The third-order valence-corrected chi connectivity index (χ3v) is 10.8. The molecule has 0 saturated heterocycles. The van der Waals surface area contributed by atoms with Crippen molar-refractivity contribution in [1.82, 2.24) is 4.57 Å². The minimum atomic E-state index is 1.18. The van der Waals surface area contributed by atoms with Gasteiger partial charge in [-0.05, 0) is 56.6 Å². The number of rotatable bonds is 3. The first kappa shape index (κ1) is 25.6. The first-order valence-corrected chi connectivity index (χ1v) is 16.6. The van der Waals surface area contributed by atoms with Crippen LogP contribution in [-0.4, -0.2) is 4.57 Å². The molecule has 0 N–H and O–H groups in total. The highest BCUT2D eigenvalue weighted by Gasteiger charge is 2.23. The molecule has 0 amide bonds. The second-order valence-corrected chi connectivity index (χ2v) is 13.1. The topological polar surface area (TPSA) is 4.93 Å². The van der Waals surface area contributed by atoms with Gasteiger partial charge in [-0.2, -0.15) is 0 Å². The van der Waals surface area contributed by atoms with E-state index in [0.29, 0.717) is 0 Å². The number of benzene rings is 8. The van der Waals surface area contributed by atoms with E-state index in [1.54, 1.807) is 0 Å². The number of thiophene rings is 1. The molecule has 0 aliphatic rings. The van der Waals surface area contributed by atoms with Crippen molar-refractivity contribution in [3.8, 4) is 27.9 Å². The largest absolute Gasteiger partial charge is 0.309 e. The third-order valence-electron chi connectivity index (χ3n) is 9.57. The Hall–Kier alpha value is -5.70. The van der Waals surface area contributed by atoms with E-state index in [1.807, 2.05) is 11.3 Å². The van der Waals surface area contributed by atoms with Gasteiger partial charge in [-0.15, -0.1) is 11.3 Å². The number of nitrogens with zero attached hydrogens (tertiary/aromatic N) is 1. The van der Waals surface area contributed by atoms with E-state index >= 15 is 0 Å². The average Bonchev–Trinajstić information content (AvgIpc) is 3.70. The zero-order valence-corrected chi connectivity index (χ0v) is 25.8. The van der Waals surface area contributed by atoms with E-state index in [2.05, 4.69) is 168 Å². The summed E-state index contributed by atoms with van der Waals surface area (Å²) in [4.78, 5) is 0. The van der Waals surface area contributed by atoms with Crippen molar-refractivity contribution in [3.05, 3.63) is 164 Å². The van der Waals surface area contributed by atoms with Gasteiger partial charge in [0.05, 0.1) is 11.0 Å². The van der Waals surface area contributed by atoms with E-state index in [4.69, 9.17) is 0 Å². The lowest BCUT2D eigenvalue weighted by Crippen LogP contribution is -1.94. The third kappa shape index (κ3) is 3.62. The van der Waals surface area contributed by atoms with Crippen LogP contribution in [0.2, 0.25) is 0 Å². The highest BCUT2D eigenvalue weighted by molar-refractivity contribution is 7.27. The Balaban J connectivity index is 1.37. The fraction of sp³-hybridized carbons (Fsp3) is 0. The molecule has 0 atom stereocenters. The van der Waals surface area contributed by atoms with Gasteiger partial charge in [-0.25, -0.2) is 0 Å². The van der Waals surface area contributed by atoms with Crippen molar-refractivity contribution in [1.29, 1.82) is 0 Å². The van der Waals surface area contributed by atoms with Gasteiger partial charge < -0.3 is 4.57 Å². The summed E-state index contributed by atoms with van der Waals surface area (Å²) in [5.74, 6) is 0. The Kier molecular flexibility index (Phi) is 5.51. The molecule has 0 radical (unpaired) electrons. The predicted octanol–water partition coefficient (Wildman–Crippen LogP) is 12.8. The van der Waals surface area contributed by atoms with Gasteiger partial charge in [-0.1, -0.05) is 146 Å². The van der Waals surface area contributed by atoms with E-state index in [9.17, 15) is 0 Å². The van der Waals surface area contributed by atoms with Crippen LogP contribution in [0.15, 0.2) is 164 Å². The molecule has 10 rings (SSSR count). The smallest absolute Gasteiger partial charge is 0.0634 e. The summed E-state index contributed by atoms with van der Waals surface area (Å²) >= 11 is 1.95. The maximum Gasteiger partial charge on any atom is 0.0634 e. The first-order chi connectivity index (χ1) is 22.8. The van der Waals surface area contributed by atoms with Crippen LogP contribution >= 0.6 is 11.3 Å². The summed E-state index contributed by atoms with van der Waals surface area (Å²) in [5.41, 5.74) is 8.71. The van der Waals surface area contributed by atoms with E-state index in [0.717, 1.165) is 0 Å². The summed E-state index contributed by atoms with van der Waals surface area (Å²) in [6.07, 6.45) is 0. The molecule has 46 heavy (non-hydrogen) atoms. The number of fused-ring (bicyclic) bond motifs is 12. The molecular weight excluding hydrogens is 575 g/mol. The van der Waals surface area contributed by atoms with Crippen LogP contribution in [0.1, 0.15) is 0 Å². The number of aromatic nitrogens is 1. The van der Waals surface area contributed by atoms with Crippen molar-refractivity contribution < 1.29 is 0 Å². The number of para-hydroxylation sites is 1. The average molecular weight is 602 g/mol. The molecule has 2 heteroatoms. The van der Waals surface area contributed by atoms with Crippen molar-refractivity contribution in [2.45, 2.75) is 0 Å². The highest BCUT2D eigenvalue weighted by atomic mass is 32.1. The summed E-state index contributed by atoms with van der Waals surface area (Å²) in [6.45, 7) is 0. The normalized spacial score (nSPS) is 11.9. The summed E-state index contributed by atoms with van der Waals surface area (Å²) in [5, 5.41) is 10.5. The molecule has 0 saturated carbocycles. The Morgan fingerprint density at radius 2 is 1.00 bits per heavy atom. The summed E-state index contributed by atoms with van der Waals surface area (Å²) < 4.78 is 5.18. The van der Waals surface area contributed by atoms with Crippen molar-refractivity contribution >= 4 is 74.9 Å². The molecule has 1 nitrogen and oxygen atoms in total. The molecule has 0 unspecified atom stereocenters. The van der Waals surface area contributed by atoms with Gasteiger partial charge >= 0.3 is 0 Å². The maximum absolute atomic E-state index is 2.49. The Bertz CT molecular complexity index is 2770. The minimum absolute atomic E-state index is 1.18. The van der Waals surface area contributed by atoms with Crippen LogP contribution in [0, 0.1) is 0 Å². The lowest BCUT2D eigenvalue weighted by atomic mass is 9.96. The molecule has 2 heterocycles. The molecule has 10 aromatic rings.